The highest BCUT2D eigenvalue weighted by Crippen LogP contribution is 2.16. The first-order valence-electron chi connectivity index (χ1n) is 34.3. The molecule has 0 saturated heterocycles. The van der Waals surface area contributed by atoms with E-state index in [0.29, 0.717) is 17.4 Å². The van der Waals surface area contributed by atoms with E-state index in [1.165, 1.54) is 89.9 Å². The molecule has 0 bridgehead atoms. The van der Waals surface area contributed by atoms with Crippen LogP contribution < -0.4 is 5.11 Å². The van der Waals surface area contributed by atoms with Crippen LogP contribution in [0.4, 0.5) is 0 Å². The Kier molecular flexibility index (Phi) is 62.5. The number of quaternary nitrogens is 1. The number of carboxylic acids is 1. The van der Waals surface area contributed by atoms with E-state index in [0.717, 1.165) is 122 Å². The molecule has 9 heteroatoms. The van der Waals surface area contributed by atoms with Crippen molar-refractivity contribution in [3.63, 3.8) is 0 Å². The molecule has 2 unspecified atom stereocenters. The average molecular weight is 1200 g/mol. The van der Waals surface area contributed by atoms with Gasteiger partial charge in [0, 0.05) is 12.8 Å². The number of nitrogens with zero attached hydrogens (tertiary/aromatic N) is 1. The van der Waals surface area contributed by atoms with Crippen molar-refractivity contribution < 1.29 is 42.9 Å². The maximum Gasteiger partial charge on any atom is 0.306 e. The van der Waals surface area contributed by atoms with Gasteiger partial charge in [-0.3, -0.25) is 9.59 Å². The fourth-order valence-electron chi connectivity index (χ4n) is 8.79. The van der Waals surface area contributed by atoms with Gasteiger partial charge in [-0.2, -0.15) is 0 Å². The maximum atomic E-state index is 12.9. The second kappa shape index (κ2) is 66.6. The summed E-state index contributed by atoms with van der Waals surface area (Å²) < 4.78 is 22.7. The molecule has 0 saturated carbocycles. The summed E-state index contributed by atoms with van der Waals surface area (Å²) in [5, 5.41) is 11.8. The number of likely N-dealkylation sites (N-methyl/N-ethyl adjacent to an activating group) is 1. The van der Waals surface area contributed by atoms with Crippen LogP contribution in [0.25, 0.3) is 0 Å². The minimum absolute atomic E-state index is 0.130. The van der Waals surface area contributed by atoms with Crippen LogP contribution in [-0.4, -0.2) is 82.3 Å². The highest BCUT2D eigenvalue weighted by molar-refractivity contribution is 5.70. The molecule has 0 aliphatic heterocycles. The summed E-state index contributed by atoms with van der Waals surface area (Å²) in [5.74, 6) is -2.36. The van der Waals surface area contributed by atoms with E-state index in [4.69, 9.17) is 18.9 Å². The molecule has 0 spiro atoms. The van der Waals surface area contributed by atoms with Crippen molar-refractivity contribution in [1.82, 2.24) is 0 Å². The average Bonchev–Trinajstić information content (AvgIpc) is 3.59. The number of carboxylic acid groups (broad SMARTS) is 1. The number of ether oxygens (including phenoxy) is 4. The third-order valence-corrected chi connectivity index (χ3v) is 14.0. The monoisotopic (exact) mass is 1200 g/mol. The summed E-state index contributed by atoms with van der Waals surface area (Å²) in [6.45, 7) is 4.46. The van der Waals surface area contributed by atoms with E-state index in [-0.39, 0.29) is 38.6 Å². The van der Waals surface area contributed by atoms with Gasteiger partial charge in [-0.1, -0.05) is 274 Å². The Balaban J connectivity index is 4.27. The summed E-state index contributed by atoms with van der Waals surface area (Å²) in [7, 11) is 5.90. The minimum Gasteiger partial charge on any atom is -0.545 e. The summed E-state index contributed by atoms with van der Waals surface area (Å²) >= 11 is 0. The molecule has 0 heterocycles. The molecule has 490 valence electrons. The van der Waals surface area contributed by atoms with Crippen LogP contribution in [0.5, 0.6) is 0 Å². The zero-order chi connectivity index (χ0) is 63.3. The molecule has 0 fully saturated rings. The molecule has 9 nitrogen and oxygen atoms in total. The number of hydrogen-bond donors (Lipinski definition) is 0. The smallest absolute Gasteiger partial charge is 0.306 e. The number of aliphatic carboxylic acids is 1. The lowest BCUT2D eigenvalue weighted by molar-refractivity contribution is -0.870. The molecule has 87 heavy (non-hydrogen) atoms. The lowest BCUT2D eigenvalue weighted by atomic mass is 10.0. The van der Waals surface area contributed by atoms with Crippen molar-refractivity contribution in [2.45, 2.75) is 257 Å². The summed E-state index contributed by atoms with van der Waals surface area (Å²) in [6.07, 6.45) is 97.2. The zero-order valence-electron chi connectivity index (χ0n) is 55.8. The molecule has 0 aromatic rings. The first kappa shape index (κ1) is 81.7. The Morgan fingerprint density at radius 3 is 0.943 bits per heavy atom. The lowest BCUT2D eigenvalue weighted by Gasteiger charge is -2.26. The zero-order valence-corrected chi connectivity index (χ0v) is 55.8. The normalized spacial score (nSPS) is 13.8. The minimum atomic E-state index is -1.65. The van der Waals surface area contributed by atoms with Gasteiger partial charge >= 0.3 is 11.9 Å². The van der Waals surface area contributed by atoms with Crippen LogP contribution in [0.3, 0.4) is 0 Å². The first-order valence-corrected chi connectivity index (χ1v) is 34.3. The Labute approximate surface area is 533 Å². The number of unbranched alkanes of at least 4 members (excludes halogenated alkanes) is 18. The lowest BCUT2D eigenvalue weighted by Crippen LogP contribution is -2.44. The number of hydrogen-bond acceptors (Lipinski definition) is 8. The standard InChI is InChI=1S/C78H125NO8/c1-6-8-10-12-14-16-18-20-22-24-26-28-30-32-34-36-37-38-39-41-43-45-47-49-51-53-55-57-59-61-63-65-67-69-76(81)87-74(73-86-78(77(82)83)84-71-70-79(3,4)5)72-85-75(80)68-66-64-62-60-58-56-54-52-50-48-46-44-42-40-35-33-31-29-27-25-23-21-19-17-15-13-11-9-7-2/h8-11,14-17,20-23,26-29,32,34,37-38,41,43,47,49,53,55,59,61,74,78H,6-7,12-13,18-19,24-25,30-31,33,35-36,39-40,42,44-46,48,50-52,54,56-58,60,62-73H2,1-5H3/b10-8-,11-9-,16-14-,17-15-,22-20-,23-21-,28-26-,29-27-,34-32-,38-37-,43-41-,49-47-,55-53-,61-59-. The fraction of sp³-hybridized carbons (Fsp3) is 0.603. The number of rotatable bonds is 61. The predicted octanol–water partition coefficient (Wildman–Crippen LogP) is 20.1. The van der Waals surface area contributed by atoms with E-state index in [1.54, 1.807) is 0 Å². The first-order chi connectivity index (χ1) is 42.6. The molecular weight excluding hydrogens is 1080 g/mol. The Bertz CT molecular complexity index is 2030. The van der Waals surface area contributed by atoms with Gasteiger partial charge in [0.15, 0.2) is 12.4 Å². The molecule has 0 amide bonds. The molecule has 0 aromatic heterocycles. The van der Waals surface area contributed by atoms with Crippen molar-refractivity contribution >= 4 is 17.9 Å². The van der Waals surface area contributed by atoms with Crippen LogP contribution in [0, 0.1) is 0 Å². The highest BCUT2D eigenvalue weighted by atomic mass is 16.7. The fourth-order valence-corrected chi connectivity index (χ4v) is 8.79. The summed E-state index contributed by atoms with van der Waals surface area (Å²) in [5.41, 5.74) is 0. The molecule has 0 aromatic carbocycles. The van der Waals surface area contributed by atoms with Gasteiger partial charge in [0.1, 0.15) is 13.2 Å². The quantitative estimate of drug-likeness (QED) is 0.0195. The number of esters is 2. The molecule has 0 aliphatic rings. The van der Waals surface area contributed by atoms with Crippen molar-refractivity contribution in [3.8, 4) is 0 Å². The van der Waals surface area contributed by atoms with E-state index in [2.05, 4.69) is 184 Å². The van der Waals surface area contributed by atoms with E-state index in [9.17, 15) is 19.5 Å². The van der Waals surface area contributed by atoms with Crippen LogP contribution >= 0.6 is 0 Å². The Hall–Kier alpha value is -5.35. The maximum absolute atomic E-state index is 12.9. The van der Waals surface area contributed by atoms with Gasteiger partial charge in [-0.05, 0) is 128 Å². The molecule has 0 N–H and O–H groups in total. The summed E-state index contributed by atoms with van der Waals surface area (Å²) in [4.78, 5) is 37.5. The SMILES string of the molecule is CC/C=C\C/C=C\C/C=C\C/C=C\C/C=C\C/C=C\C/C=C\C/C=C\C/C=C\C/C=C\CCCCC(=O)OC(COC(=O)CCCCCCCCCCCCCCCCCC/C=C\C/C=C\C/C=C\C/C=C\CC)COC(OCC[N+](C)(C)C)C(=O)[O-]. The van der Waals surface area contributed by atoms with Gasteiger partial charge in [0.05, 0.1) is 40.3 Å². The van der Waals surface area contributed by atoms with E-state index in [1.807, 2.05) is 21.1 Å². The second-order valence-corrected chi connectivity index (χ2v) is 23.3. The second-order valence-electron chi connectivity index (χ2n) is 23.3. The van der Waals surface area contributed by atoms with Crippen molar-refractivity contribution in [1.29, 1.82) is 0 Å². The molecular formula is C78H125NO8. The van der Waals surface area contributed by atoms with E-state index < -0.39 is 24.3 Å². The topological polar surface area (TPSA) is 111 Å². The molecule has 0 radical (unpaired) electrons. The predicted molar refractivity (Wildman–Crippen MR) is 370 cm³/mol. The Morgan fingerprint density at radius 1 is 0.345 bits per heavy atom. The van der Waals surface area contributed by atoms with Crippen LogP contribution in [0.2, 0.25) is 0 Å². The van der Waals surface area contributed by atoms with Crippen LogP contribution in [0.1, 0.15) is 245 Å². The third-order valence-electron chi connectivity index (χ3n) is 14.0. The van der Waals surface area contributed by atoms with Crippen molar-refractivity contribution in [2.75, 3.05) is 47.5 Å². The van der Waals surface area contributed by atoms with Crippen LogP contribution in [-0.2, 0) is 33.3 Å². The van der Waals surface area contributed by atoms with E-state index >= 15 is 0 Å². The van der Waals surface area contributed by atoms with Gasteiger partial charge in [-0.15, -0.1) is 0 Å². The van der Waals surface area contributed by atoms with Gasteiger partial charge < -0.3 is 33.3 Å². The van der Waals surface area contributed by atoms with Crippen LogP contribution in [0.15, 0.2) is 170 Å². The number of carbonyl (C=O) groups is 3. The molecule has 0 aliphatic carbocycles. The van der Waals surface area contributed by atoms with Gasteiger partial charge in [-0.25, -0.2) is 0 Å². The highest BCUT2D eigenvalue weighted by Gasteiger charge is 2.22. The van der Waals surface area contributed by atoms with Gasteiger partial charge in [0.2, 0.25) is 0 Å². The van der Waals surface area contributed by atoms with Crippen molar-refractivity contribution in [3.05, 3.63) is 170 Å². The largest absolute Gasteiger partial charge is 0.545 e. The van der Waals surface area contributed by atoms with Crippen molar-refractivity contribution in [2.24, 2.45) is 0 Å². The number of allylic oxidation sites excluding steroid dienone is 28. The summed E-state index contributed by atoms with van der Waals surface area (Å²) in [6, 6.07) is 0. The number of carbonyl (C=O) groups excluding carboxylic acids is 3. The Morgan fingerprint density at radius 2 is 0.621 bits per heavy atom. The molecule has 2 atom stereocenters. The van der Waals surface area contributed by atoms with Gasteiger partial charge in [0.25, 0.3) is 0 Å². The third kappa shape index (κ3) is 68.0. The molecule has 0 rings (SSSR count).